The van der Waals surface area contributed by atoms with Gasteiger partial charge in [-0.2, -0.15) is 0 Å². The Balaban J connectivity index is 1.55. The zero-order valence-electron chi connectivity index (χ0n) is 17.2. The zero-order valence-corrected chi connectivity index (χ0v) is 18.8. The molecule has 6 nitrogen and oxygen atoms in total. The first kappa shape index (κ1) is 21.8. The van der Waals surface area contributed by atoms with Crippen LogP contribution in [0.15, 0.2) is 71.2 Å². The van der Waals surface area contributed by atoms with Crippen molar-refractivity contribution in [1.29, 1.82) is 0 Å². The number of hydrogen-bond donors (Lipinski definition) is 3. The monoisotopic (exact) mass is 496 g/mol. The van der Waals surface area contributed by atoms with Gasteiger partial charge in [0.05, 0.1) is 17.1 Å². The van der Waals surface area contributed by atoms with Crippen molar-refractivity contribution >= 4 is 50.6 Å². The van der Waals surface area contributed by atoms with E-state index in [0.717, 1.165) is 36.1 Å². The minimum Gasteiger partial charge on any atom is -0.370 e. The van der Waals surface area contributed by atoms with Crippen molar-refractivity contribution in [2.24, 2.45) is 0 Å². The number of amides is 3. The van der Waals surface area contributed by atoms with Crippen molar-refractivity contribution in [3.8, 4) is 0 Å². The molecule has 0 saturated carbocycles. The van der Waals surface area contributed by atoms with Crippen LogP contribution >= 0.6 is 15.9 Å². The lowest BCUT2D eigenvalue weighted by molar-refractivity contribution is 0.102. The van der Waals surface area contributed by atoms with Gasteiger partial charge in [-0.05, 0) is 83.4 Å². The van der Waals surface area contributed by atoms with E-state index >= 15 is 0 Å². The number of carbonyl (C=O) groups is 2. The maximum Gasteiger partial charge on any atom is 0.323 e. The second kappa shape index (κ2) is 9.82. The largest absolute Gasteiger partial charge is 0.370 e. The van der Waals surface area contributed by atoms with E-state index in [0.29, 0.717) is 22.6 Å². The summed E-state index contributed by atoms with van der Waals surface area (Å²) < 4.78 is 13.9. The third-order valence-corrected chi connectivity index (χ3v) is 5.87. The van der Waals surface area contributed by atoms with Crippen LogP contribution in [0.3, 0.4) is 0 Å². The van der Waals surface area contributed by atoms with Crippen LogP contribution in [0.25, 0.3) is 0 Å². The molecule has 0 spiro atoms. The third-order valence-electron chi connectivity index (χ3n) is 5.18. The van der Waals surface area contributed by atoms with Crippen molar-refractivity contribution in [2.45, 2.75) is 12.8 Å². The number of hydrogen-bond acceptors (Lipinski definition) is 3. The molecule has 8 heteroatoms. The summed E-state index contributed by atoms with van der Waals surface area (Å²) in [5, 5.41) is 8.55. The van der Waals surface area contributed by atoms with Crippen LogP contribution in [-0.4, -0.2) is 25.0 Å². The number of para-hydroxylation sites is 1. The molecule has 0 atom stereocenters. The highest BCUT2D eigenvalue weighted by atomic mass is 79.9. The Morgan fingerprint density at radius 2 is 1.53 bits per heavy atom. The summed E-state index contributed by atoms with van der Waals surface area (Å²) in [6.07, 6.45) is 2.18. The molecule has 0 bridgehead atoms. The van der Waals surface area contributed by atoms with Crippen LogP contribution in [0.4, 0.5) is 31.9 Å². The summed E-state index contributed by atoms with van der Waals surface area (Å²) in [6, 6.07) is 17.7. The summed E-state index contributed by atoms with van der Waals surface area (Å²) in [4.78, 5) is 27.4. The number of carbonyl (C=O) groups excluding carboxylic acids is 2. The molecule has 164 valence electrons. The number of halogens is 2. The minimum atomic E-state index is -0.404. The third kappa shape index (κ3) is 5.26. The van der Waals surface area contributed by atoms with Crippen LogP contribution in [0.1, 0.15) is 23.2 Å². The van der Waals surface area contributed by atoms with E-state index in [1.807, 2.05) is 24.3 Å². The predicted molar refractivity (Wildman–Crippen MR) is 129 cm³/mol. The molecule has 1 saturated heterocycles. The average molecular weight is 497 g/mol. The van der Waals surface area contributed by atoms with Crippen molar-refractivity contribution in [3.63, 3.8) is 0 Å². The molecular weight excluding hydrogens is 475 g/mol. The van der Waals surface area contributed by atoms with Gasteiger partial charge in [0.15, 0.2) is 0 Å². The van der Waals surface area contributed by atoms with Gasteiger partial charge in [0.2, 0.25) is 0 Å². The van der Waals surface area contributed by atoms with E-state index in [2.05, 4.69) is 36.8 Å². The van der Waals surface area contributed by atoms with E-state index < -0.39 is 5.82 Å². The molecule has 3 aromatic carbocycles. The molecule has 32 heavy (non-hydrogen) atoms. The van der Waals surface area contributed by atoms with E-state index in [9.17, 15) is 14.0 Å². The van der Waals surface area contributed by atoms with Gasteiger partial charge < -0.3 is 20.9 Å². The molecule has 0 aliphatic carbocycles. The summed E-state index contributed by atoms with van der Waals surface area (Å²) in [5.41, 5.74) is 3.00. The lowest BCUT2D eigenvalue weighted by Crippen LogP contribution is -2.24. The first-order chi connectivity index (χ1) is 15.5. The Morgan fingerprint density at radius 1 is 0.844 bits per heavy atom. The number of anilines is 4. The van der Waals surface area contributed by atoms with Gasteiger partial charge in [-0.15, -0.1) is 0 Å². The number of urea groups is 1. The van der Waals surface area contributed by atoms with Crippen molar-refractivity contribution in [1.82, 2.24) is 0 Å². The molecule has 3 N–H and O–H groups in total. The van der Waals surface area contributed by atoms with Crippen LogP contribution in [-0.2, 0) is 0 Å². The Bertz CT molecular complexity index is 1130. The quantitative estimate of drug-likeness (QED) is 0.400. The molecule has 1 aliphatic rings. The van der Waals surface area contributed by atoms with Gasteiger partial charge in [-0.25, -0.2) is 9.18 Å². The molecule has 1 heterocycles. The Morgan fingerprint density at radius 3 is 2.25 bits per heavy atom. The summed E-state index contributed by atoms with van der Waals surface area (Å²) in [7, 11) is 0. The lowest BCUT2D eigenvalue weighted by Gasteiger charge is -2.22. The number of nitrogens with one attached hydrogen (secondary N) is 3. The van der Waals surface area contributed by atoms with Gasteiger partial charge in [-0.3, -0.25) is 4.79 Å². The van der Waals surface area contributed by atoms with Crippen LogP contribution in [0, 0.1) is 5.82 Å². The van der Waals surface area contributed by atoms with Crippen LogP contribution < -0.4 is 20.9 Å². The number of rotatable bonds is 5. The Labute approximate surface area is 193 Å². The summed E-state index contributed by atoms with van der Waals surface area (Å²) >= 11 is 3.42. The first-order valence-electron chi connectivity index (χ1n) is 10.3. The fraction of sp³-hybridized carbons (Fsp3) is 0.167. The van der Waals surface area contributed by atoms with E-state index in [1.165, 1.54) is 24.3 Å². The van der Waals surface area contributed by atoms with Gasteiger partial charge in [-0.1, -0.05) is 12.1 Å². The fourth-order valence-electron chi connectivity index (χ4n) is 3.59. The highest BCUT2D eigenvalue weighted by molar-refractivity contribution is 9.10. The fourth-order valence-corrected chi connectivity index (χ4v) is 3.97. The maximum atomic E-state index is 13.1. The molecule has 0 radical (unpaired) electrons. The number of nitrogens with zero attached hydrogens (tertiary/aromatic N) is 1. The highest BCUT2D eigenvalue weighted by Crippen LogP contribution is 2.32. The molecule has 0 unspecified atom stereocenters. The number of benzene rings is 3. The lowest BCUT2D eigenvalue weighted by atomic mass is 10.2. The van der Waals surface area contributed by atoms with Crippen LogP contribution in [0.5, 0.6) is 0 Å². The minimum absolute atomic E-state index is 0.344. The van der Waals surface area contributed by atoms with E-state index in [4.69, 9.17) is 0 Å². The Kier molecular flexibility index (Phi) is 6.70. The van der Waals surface area contributed by atoms with E-state index in [1.54, 1.807) is 18.2 Å². The second-order valence-corrected chi connectivity index (χ2v) is 8.30. The summed E-state index contributed by atoms with van der Waals surface area (Å²) in [6.45, 7) is 1.81. The van der Waals surface area contributed by atoms with Crippen LogP contribution in [0.2, 0.25) is 0 Å². The molecule has 1 fully saturated rings. The van der Waals surface area contributed by atoms with Gasteiger partial charge in [0.1, 0.15) is 5.82 Å². The first-order valence-corrected chi connectivity index (χ1v) is 11.1. The molecule has 4 rings (SSSR count). The molecule has 0 aromatic heterocycles. The Hall–Kier alpha value is -3.39. The molecule has 1 aliphatic heterocycles. The molecule has 3 aromatic rings. The SMILES string of the molecule is O=C(Nc1ccccc1Br)Nc1cc(NC(=O)c2ccc(F)cc2)ccc1N1CCCC1. The van der Waals surface area contributed by atoms with Crippen molar-refractivity contribution in [2.75, 3.05) is 33.9 Å². The van der Waals surface area contributed by atoms with Crippen molar-refractivity contribution < 1.29 is 14.0 Å². The smallest absolute Gasteiger partial charge is 0.323 e. The van der Waals surface area contributed by atoms with E-state index in [-0.39, 0.29) is 11.9 Å². The average Bonchev–Trinajstić information content (AvgIpc) is 3.31. The standard InChI is InChI=1S/C24H22BrFN4O2/c25-19-5-1-2-6-20(19)28-24(32)29-21-15-18(11-12-22(21)30-13-3-4-14-30)27-23(31)16-7-9-17(26)10-8-16/h1-2,5-12,15H,3-4,13-14H2,(H,27,31)(H2,28,29,32). The molecule has 3 amide bonds. The molecular formula is C24H22BrFN4O2. The van der Waals surface area contributed by atoms with Crippen molar-refractivity contribution in [3.05, 3.63) is 82.6 Å². The normalized spacial score (nSPS) is 13.0. The van der Waals surface area contributed by atoms with Gasteiger partial charge >= 0.3 is 6.03 Å². The predicted octanol–water partition coefficient (Wildman–Crippen LogP) is 6.08. The van der Waals surface area contributed by atoms with Gasteiger partial charge in [0.25, 0.3) is 5.91 Å². The summed E-state index contributed by atoms with van der Waals surface area (Å²) in [5.74, 6) is -0.762. The van der Waals surface area contributed by atoms with Gasteiger partial charge in [0, 0.05) is 28.8 Å². The highest BCUT2D eigenvalue weighted by Gasteiger charge is 2.18. The zero-order chi connectivity index (χ0) is 22.5. The topological polar surface area (TPSA) is 73.5 Å². The second-order valence-electron chi connectivity index (χ2n) is 7.45. The maximum absolute atomic E-state index is 13.1.